The smallest absolute Gasteiger partial charge is 0.166 e. The van der Waals surface area contributed by atoms with Crippen molar-refractivity contribution >= 4 is 17.3 Å². The maximum absolute atomic E-state index is 5.41. The van der Waals surface area contributed by atoms with E-state index in [0.717, 1.165) is 37.6 Å². The zero-order valence-corrected chi connectivity index (χ0v) is 15.0. The Morgan fingerprint density at radius 3 is 2.54 bits per heavy atom. The van der Waals surface area contributed by atoms with Gasteiger partial charge < -0.3 is 10.6 Å². The Morgan fingerprint density at radius 1 is 1.04 bits per heavy atom. The number of likely N-dealkylation sites (N-methyl/N-ethyl adjacent to an activating group) is 1. The topological polar surface area (TPSA) is 27.3 Å². The Bertz CT molecular complexity index is 672. The van der Waals surface area contributed by atoms with E-state index >= 15 is 0 Å². The lowest BCUT2D eigenvalue weighted by molar-refractivity contribution is 0.216. The first-order valence-corrected chi connectivity index (χ1v) is 8.96. The fourth-order valence-electron chi connectivity index (χ4n) is 3.18. The molecule has 0 bridgehead atoms. The van der Waals surface area contributed by atoms with Gasteiger partial charge in [-0.15, -0.1) is 0 Å². The summed E-state index contributed by atoms with van der Waals surface area (Å²) in [6.07, 6.45) is 2.06. The molecule has 0 saturated heterocycles. The normalized spacial score (nSPS) is 17.1. The van der Waals surface area contributed by atoms with Crippen molar-refractivity contribution in [3.8, 4) is 0 Å². The molecule has 24 heavy (non-hydrogen) atoms. The van der Waals surface area contributed by atoms with Gasteiger partial charge in [-0.2, -0.15) is 0 Å². The molecular weight excluding hydrogens is 314 g/mol. The predicted molar refractivity (Wildman–Crippen MR) is 104 cm³/mol. The van der Waals surface area contributed by atoms with Gasteiger partial charge in [0, 0.05) is 25.7 Å². The first-order valence-electron chi connectivity index (χ1n) is 8.55. The molecule has 2 aromatic rings. The second-order valence-electron chi connectivity index (χ2n) is 6.41. The van der Waals surface area contributed by atoms with Crippen molar-refractivity contribution < 1.29 is 0 Å². The molecule has 0 spiro atoms. The van der Waals surface area contributed by atoms with Crippen LogP contribution in [-0.2, 0) is 19.4 Å². The number of benzene rings is 2. The van der Waals surface area contributed by atoms with Crippen LogP contribution in [0.15, 0.2) is 54.6 Å². The summed E-state index contributed by atoms with van der Waals surface area (Å²) in [7, 11) is 2.19. The Labute approximate surface area is 150 Å². The summed E-state index contributed by atoms with van der Waals surface area (Å²) < 4.78 is 0. The lowest BCUT2D eigenvalue weighted by Gasteiger charge is -2.34. The van der Waals surface area contributed by atoms with Gasteiger partial charge in [-0.25, -0.2) is 0 Å². The fourth-order valence-corrected chi connectivity index (χ4v) is 3.37. The number of hydrogen-bond acceptors (Lipinski definition) is 2. The van der Waals surface area contributed by atoms with Crippen LogP contribution in [0.5, 0.6) is 0 Å². The van der Waals surface area contributed by atoms with Crippen LogP contribution in [-0.4, -0.2) is 36.2 Å². The lowest BCUT2D eigenvalue weighted by Crippen LogP contribution is -2.47. The fraction of sp³-hybridized carbons (Fsp3) is 0.350. The van der Waals surface area contributed by atoms with Crippen molar-refractivity contribution in [2.75, 3.05) is 20.1 Å². The van der Waals surface area contributed by atoms with Crippen molar-refractivity contribution in [2.24, 2.45) is 0 Å². The number of nitrogens with zero attached hydrogens (tertiary/aromatic N) is 1. The predicted octanol–water partition coefficient (Wildman–Crippen LogP) is 2.75. The molecule has 0 aliphatic carbocycles. The van der Waals surface area contributed by atoms with Crippen LogP contribution in [0.1, 0.15) is 16.7 Å². The van der Waals surface area contributed by atoms with Gasteiger partial charge in [0.15, 0.2) is 5.11 Å². The molecule has 2 aromatic carbocycles. The number of fused-ring (bicyclic) bond motifs is 1. The van der Waals surface area contributed by atoms with Gasteiger partial charge in [-0.05, 0) is 48.8 Å². The molecule has 3 rings (SSSR count). The number of thiocarbonyl (C=S) groups is 1. The maximum atomic E-state index is 5.41. The average molecular weight is 340 g/mol. The molecule has 1 heterocycles. The minimum Gasteiger partial charge on any atom is -0.362 e. The molecule has 3 nitrogen and oxygen atoms in total. The first-order chi connectivity index (χ1) is 11.7. The summed E-state index contributed by atoms with van der Waals surface area (Å²) in [6.45, 7) is 2.75. The van der Waals surface area contributed by atoms with Gasteiger partial charge in [0.25, 0.3) is 0 Å². The van der Waals surface area contributed by atoms with Crippen LogP contribution < -0.4 is 10.6 Å². The van der Waals surface area contributed by atoms with Gasteiger partial charge in [0.05, 0.1) is 0 Å². The molecule has 1 aliphatic rings. The van der Waals surface area contributed by atoms with Crippen LogP contribution in [0.4, 0.5) is 0 Å². The average Bonchev–Trinajstić information content (AvgIpc) is 2.61. The van der Waals surface area contributed by atoms with Crippen molar-refractivity contribution in [2.45, 2.75) is 25.4 Å². The largest absolute Gasteiger partial charge is 0.362 e. The lowest BCUT2D eigenvalue weighted by atomic mass is 9.94. The van der Waals surface area contributed by atoms with E-state index in [1.54, 1.807) is 0 Å². The zero-order valence-electron chi connectivity index (χ0n) is 14.2. The Balaban J connectivity index is 1.41. The molecule has 1 unspecified atom stereocenters. The van der Waals surface area contributed by atoms with E-state index in [2.05, 4.69) is 71.1 Å². The molecule has 1 atom stereocenters. The van der Waals surface area contributed by atoms with E-state index in [4.69, 9.17) is 12.2 Å². The first kappa shape index (κ1) is 16.9. The monoisotopic (exact) mass is 339 g/mol. The minimum atomic E-state index is 0.480. The van der Waals surface area contributed by atoms with Gasteiger partial charge in [-0.3, -0.25) is 4.90 Å². The van der Waals surface area contributed by atoms with Crippen molar-refractivity contribution in [1.82, 2.24) is 15.5 Å². The highest BCUT2D eigenvalue weighted by molar-refractivity contribution is 7.80. The summed E-state index contributed by atoms with van der Waals surface area (Å²) in [5, 5.41) is 7.43. The highest BCUT2D eigenvalue weighted by atomic mass is 32.1. The molecular formula is C20H25N3S. The number of nitrogens with one attached hydrogen (secondary N) is 2. The Kier molecular flexibility index (Phi) is 5.83. The summed E-state index contributed by atoms with van der Waals surface area (Å²) in [5.41, 5.74) is 4.24. The molecule has 0 saturated carbocycles. The van der Waals surface area contributed by atoms with Crippen molar-refractivity contribution in [3.63, 3.8) is 0 Å². The van der Waals surface area contributed by atoms with E-state index in [-0.39, 0.29) is 0 Å². The van der Waals surface area contributed by atoms with E-state index in [1.807, 2.05) is 6.07 Å². The van der Waals surface area contributed by atoms with Crippen LogP contribution in [0.3, 0.4) is 0 Å². The molecule has 0 amide bonds. The van der Waals surface area contributed by atoms with Crippen molar-refractivity contribution in [1.29, 1.82) is 0 Å². The van der Waals surface area contributed by atoms with Gasteiger partial charge >= 0.3 is 0 Å². The third-order valence-corrected chi connectivity index (χ3v) is 4.95. The summed E-state index contributed by atoms with van der Waals surface area (Å²) >= 11 is 5.41. The Hall–Kier alpha value is -1.91. The van der Waals surface area contributed by atoms with E-state index in [0.29, 0.717) is 6.04 Å². The van der Waals surface area contributed by atoms with Crippen LogP contribution in [0.2, 0.25) is 0 Å². The van der Waals surface area contributed by atoms with Crippen LogP contribution >= 0.6 is 12.2 Å². The molecule has 0 fully saturated rings. The van der Waals surface area contributed by atoms with E-state index < -0.39 is 0 Å². The second kappa shape index (κ2) is 8.27. The molecule has 0 radical (unpaired) electrons. The van der Waals surface area contributed by atoms with Gasteiger partial charge in [-0.1, -0.05) is 54.6 Å². The molecule has 4 heteroatoms. The minimum absolute atomic E-state index is 0.480. The summed E-state index contributed by atoms with van der Waals surface area (Å²) in [4.78, 5) is 2.40. The standard InChI is InChI=1S/C20H25N3S/c1-23-15-18-10-6-5-9-17(18)13-19(23)14-22-20(24)21-12-11-16-7-3-2-4-8-16/h2-10,19H,11-15H2,1H3,(H2,21,22,24). The third-order valence-electron chi connectivity index (χ3n) is 4.66. The van der Waals surface area contributed by atoms with E-state index in [1.165, 1.54) is 16.7 Å². The highest BCUT2D eigenvalue weighted by Crippen LogP contribution is 2.21. The summed E-state index contributed by atoms with van der Waals surface area (Å²) in [5.74, 6) is 0. The molecule has 0 aromatic heterocycles. The second-order valence-corrected chi connectivity index (χ2v) is 6.82. The maximum Gasteiger partial charge on any atom is 0.166 e. The van der Waals surface area contributed by atoms with Crippen molar-refractivity contribution in [3.05, 3.63) is 71.3 Å². The SMILES string of the molecule is CN1Cc2ccccc2CC1CNC(=S)NCCc1ccccc1. The zero-order chi connectivity index (χ0) is 16.8. The van der Waals surface area contributed by atoms with Crippen LogP contribution in [0, 0.1) is 0 Å². The molecule has 1 aliphatic heterocycles. The molecule has 126 valence electrons. The number of rotatable bonds is 5. The number of hydrogen-bond donors (Lipinski definition) is 2. The van der Waals surface area contributed by atoms with Gasteiger partial charge in [0.1, 0.15) is 0 Å². The quantitative estimate of drug-likeness (QED) is 0.819. The summed E-state index contributed by atoms with van der Waals surface area (Å²) in [6, 6.07) is 19.7. The third kappa shape index (κ3) is 4.56. The molecule has 2 N–H and O–H groups in total. The van der Waals surface area contributed by atoms with Gasteiger partial charge in [0.2, 0.25) is 0 Å². The van der Waals surface area contributed by atoms with E-state index in [9.17, 15) is 0 Å². The Morgan fingerprint density at radius 2 is 1.75 bits per heavy atom. The van der Waals surface area contributed by atoms with Crippen LogP contribution in [0.25, 0.3) is 0 Å². The highest BCUT2D eigenvalue weighted by Gasteiger charge is 2.22.